The van der Waals surface area contributed by atoms with Crippen molar-refractivity contribution in [3.8, 4) is 5.75 Å². The van der Waals surface area contributed by atoms with Gasteiger partial charge in [0.25, 0.3) is 0 Å². The van der Waals surface area contributed by atoms with Crippen molar-refractivity contribution in [3.63, 3.8) is 0 Å². The van der Waals surface area contributed by atoms with Gasteiger partial charge in [0.1, 0.15) is 18.2 Å². The van der Waals surface area contributed by atoms with Gasteiger partial charge in [-0.2, -0.15) is 5.10 Å². The maximum Gasteiger partial charge on any atom is 0.335 e. The molecule has 0 unspecified atom stereocenters. The summed E-state index contributed by atoms with van der Waals surface area (Å²) in [4.78, 5) is 10.9. The molecule has 112 valence electrons. The molecule has 0 radical (unpaired) electrons. The van der Waals surface area contributed by atoms with Crippen molar-refractivity contribution in [2.45, 2.75) is 27.0 Å². The van der Waals surface area contributed by atoms with Crippen molar-refractivity contribution in [2.75, 3.05) is 0 Å². The molecule has 0 saturated heterocycles. The summed E-state index contributed by atoms with van der Waals surface area (Å²) in [5, 5.41) is 13.2. The van der Waals surface area contributed by atoms with E-state index in [2.05, 4.69) is 21.0 Å². The number of benzene rings is 1. The lowest BCUT2D eigenvalue weighted by Gasteiger charge is -2.09. The van der Waals surface area contributed by atoms with Crippen LogP contribution in [0.5, 0.6) is 5.75 Å². The number of hydrogen-bond donors (Lipinski definition) is 1. The van der Waals surface area contributed by atoms with Crippen molar-refractivity contribution in [2.24, 2.45) is 0 Å². The van der Waals surface area contributed by atoms with Crippen molar-refractivity contribution >= 4 is 21.9 Å². The van der Waals surface area contributed by atoms with Gasteiger partial charge in [0.05, 0.1) is 21.4 Å². The fraction of sp³-hybridized carbons (Fsp3) is 0.286. The van der Waals surface area contributed by atoms with E-state index < -0.39 is 11.8 Å². The maximum atomic E-state index is 13.4. The van der Waals surface area contributed by atoms with Crippen molar-refractivity contribution in [1.29, 1.82) is 0 Å². The number of ether oxygens (including phenoxy) is 1. The standard InChI is InChI=1S/C14H14BrFN2O3/c1-3-18-12(13(15)8(2)17-18)7-21-11-5-9(14(19)20)4-10(16)6-11/h4-6H,3,7H2,1-2H3,(H,19,20). The molecule has 0 fully saturated rings. The average molecular weight is 357 g/mol. The molecule has 21 heavy (non-hydrogen) atoms. The Morgan fingerprint density at radius 3 is 2.81 bits per heavy atom. The molecule has 2 rings (SSSR count). The molecule has 0 aliphatic carbocycles. The highest BCUT2D eigenvalue weighted by Gasteiger charge is 2.14. The summed E-state index contributed by atoms with van der Waals surface area (Å²) >= 11 is 3.44. The van der Waals surface area contributed by atoms with Crippen molar-refractivity contribution < 1.29 is 19.0 Å². The van der Waals surface area contributed by atoms with E-state index in [-0.39, 0.29) is 17.9 Å². The molecule has 0 aliphatic heterocycles. The van der Waals surface area contributed by atoms with Gasteiger partial charge in [-0.25, -0.2) is 9.18 Å². The van der Waals surface area contributed by atoms with E-state index in [9.17, 15) is 9.18 Å². The van der Waals surface area contributed by atoms with Crippen LogP contribution >= 0.6 is 15.9 Å². The van der Waals surface area contributed by atoms with Crippen LogP contribution in [0.15, 0.2) is 22.7 Å². The monoisotopic (exact) mass is 356 g/mol. The predicted octanol–water partition coefficient (Wildman–Crippen LogP) is 3.39. The quantitative estimate of drug-likeness (QED) is 0.891. The second kappa shape index (κ2) is 6.26. The molecule has 1 aromatic carbocycles. The number of carboxylic acid groups (broad SMARTS) is 1. The summed E-state index contributed by atoms with van der Waals surface area (Å²) in [6.45, 7) is 4.66. The predicted molar refractivity (Wildman–Crippen MR) is 78.0 cm³/mol. The first-order chi connectivity index (χ1) is 9.92. The molecule has 0 saturated carbocycles. The normalized spacial score (nSPS) is 10.7. The molecule has 1 heterocycles. The summed E-state index contributed by atoms with van der Waals surface area (Å²) in [5.41, 5.74) is 1.50. The molecule has 0 bridgehead atoms. The average Bonchev–Trinajstić information content (AvgIpc) is 2.71. The third-order valence-electron chi connectivity index (χ3n) is 2.95. The number of aromatic carboxylic acids is 1. The van der Waals surface area contributed by atoms with Crippen LogP contribution in [-0.4, -0.2) is 20.9 Å². The largest absolute Gasteiger partial charge is 0.487 e. The SMILES string of the molecule is CCn1nc(C)c(Br)c1COc1cc(F)cc(C(=O)O)c1. The van der Waals surface area contributed by atoms with E-state index in [1.165, 1.54) is 6.07 Å². The summed E-state index contributed by atoms with van der Waals surface area (Å²) in [7, 11) is 0. The molecule has 2 aromatic rings. The minimum atomic E-state index is -1.20. The fourth-order valence-corrected chi connectivity index (χ4v) is 2.33. The van der Waals surface area contributed by atoms with Gasteiger partial charge in [-0.05, 0) is 41.9 Å². The molecule has 7 heteroatoms. The van der Waals surface area contributed by atoms with Gasteiger partial charge >= 0.3 is 5.97 Å². The Labute approximate surface area is 129 Å². The zero-order chi connectivity index (χ0) is 15.6. The van der Waals surface area contributed by atoms with Crippen molar-refractivity contribution in [3.05, 3.63) is 45.4 Å². The van der Waals surface area contributed by atoms with Crippen LogP contribution in [0.1, 0.15) is 28.7 Å². The van der Waals surface area contributed by atoms with Crippen LogP contribution in [0, 0.1) is 12.7 Å². The number of carbonyl (C=O) groups is 1. The van der Waals surface area contributed by atoms with Crippen molar-refractivity contribution in [1.82, 2.24) is 9.78 Å². The second-order valence-corrected chi connectivity index (χ2v) is 5.22. The first-order valence-electron chi connectivity index (χ1n) is 6.30. The van der Waals surface area contributed by atoms with Gasteiger partial charge in [-0.15, -0.1) is 0 Å². The molecular formula is C14H14BrFN2O3. The zero-order valence-electron chi connectivity index (χ0n) is 11.6. The van der Waals surface area contributed by atoms with Crippen LogP contribution in [0.2, 0.25) is 0 Å². The number of nitrogens with zero attached hydrogens (tertiary/aromatic N) is 2. The Hall–Kier alpha value is -1.89. The molecular weight excluding hydrogens is 343 g/mol. The van der Waals surface area contributed by atoms with Crippen LogP contribution in [0.25, 0.3) is 0 Å². The first kappa shape index (κ1) is 15.5. The fourth-order valence-electron chi connectivity index (χ4n) is 1.93. The van der Waals surface area contributed by atoms with Gasteiger partial charge < -0.3 is 9.84 Å². The Kier molecular flexibility index (Phi) is 4.62. The summed E-state index contributed by atoms with van der Waals surface area (Å²) in [5.74, 6) is -1.68. The highest BCUT2D eigenvalue weighted by molar-refractivity contribution is 9.10. The lowest BCUT2D eigenvalue weighted by atomic mass is 10.2. The smallest absolute Gasteiger partial charge is 0.335 e. The summed E-state index contributed by atoms with van der Waals surface area (Å²) in [6, 6.07) is 3.39. The lowest BCUT2D eigenvalue weighted by Crippen LogP contribution is -2.07. The Morgan fingerprint density at radius 1 is 1.48 bits per heavy atom. The van der Waals surface area contributed by atoms with E-state index in [0.29, 0.717) is 6.54 Å². The summed E-state index contributed by atoms with van der Waals surface area (Å²) < 4.78 is 21.5. The number of hydrogen-bond acceptors (Lipinski definition) is 3. The van der Waals surface area contributed by atoms with Gasteiger partial charge in [-0.3, -0.25) is 4.68 Å². The van der Waals surface area contributed by atoms with Crippen LogP contribution in [0.4, 0.5) is 4.39 Å². The second-order valence-electron chi connectivity index (χ2n) is 4.43. The van der Waals surface area contributed by atoms with Crippen LogP contribution in [-0.2, 0) is 13.2 Å². The van der Waals surface area contributed by atoms with Gasteiger partial charge in [0.15, 0.2) is 0 Å². The molecule has 0 spiro atoms. The minimum Gasteiger partial charge on any atom is -0.487 e. The van der Waals surface area contributed by atoms with Crippen LogP contribution < -0.4 is 4.74 Å². The van der Waals surface area contributed by atoms with E-state index >= 15 is 0 Å². The molecule has 0 aliphatic rings. The number of aryl methyl sites for hydroxylation is 2. The van der Waals surface area contributed by atoms with E-state index in [0.717, 1.165) is 28.0 Å². The van der Waals surface area contributed by atoms with Crippen LogP contribution in [0.3, 0.4) is 0 Å². The molecule has 1 N–H and O–H groups in total. The lowest BCUT2D eigenvalue weighted by molar-refractivity contribution is 0.0695. The number of carboxylic acids is 1. The number of halogens is 2. The minimum absolute atomic E-state index is 0.149. The number of aromatic nitrogens is 2. The van der Waals surface area contributed by atoms with Gasteiger partial charge in [0, 0.05) is 12.6 Å². The Balaban J connectivity index is 2.22. The van der Waals surface area contributed by atoms with E-state index in [1.54, 1.807) is 4.68 Å². The highest BCUT2D eigenvalue weighted by atomic mass is 79.9. The topological polar surface area (TPSA) is 64.4 Å². The summed E-state index contributed by atoms with van der Waals surface area (Å²) in [6.07, 6.45) is 0. The molecule has 5 nitrogen and oxygen atoms in total. The third kappa shape index (κ3) is 3.41. The number of rotatable bonds is 5. The van der Waals surface area contributed by atoms with Gasteiger partial charge in [-0.1, -0.05) is 0 Å². The van der Waals surface area contributed by atoms with E-state index in [4.69, 9.17) is 9.84 Å². The molecule has 0 amide bonds. The Bertz CT molecular complexity index is 685. The molecule has 0 atom stereocenters. The zero-order valence-corrected chi connectivity index (χ0v) is 13.1. The first-order valence-corrected chi connectivity index (χ1v) is 7.10. The van der Waals surface area contributed by atoms with Gasteiger partial charge in [0.2, 0.25) is 0 Å². The maximum absolute atomic E-state index is 13.4. The third-order valence-corrected chi connectivity index (χ3v) is 3.98. The molecule has 1 aromatic heterocycles. The van der Waals surface area contributed by atoms with E-state index in [1.807, 2.05) is 13.8 Å². The Morgan fingerprint density at radius 2 is 2.19 bits per heavy atom. The highest BCUT2D eigenvalue weighted by Crippen LogP contribution is 2.24.